The van der Waals surface area contributed by atoms with Gasteiger partial charge in [0.1, 0.15) is 0 Å². The molecule has 15 heavy (non-hydrogen) atoms. The van der Waals surface area contributed by atoms with Gasteiger partial charge in [-0.15, -0.1) is 0 Å². The Morgan fingerprint density at radius 3 is 2.47 bits per heavy atom. The van der Waals surface area contributed by atoms with Gasteiger partial charge in [0.15, 0.2) is 0 Å². The fourth-order valence-corrected chi connectivity index (χ4v) is 1.36. The van der Waals surface area contributed by atoms with Gasteiger partial charge in [0.05, 0.1) is 0 Å². The van der Waals surface area contributed by atoms with Crippen molar-refractivity contribution in [2.45, 2.75) is 26.3 Å². The standard InChI is InChI=1S/C12H19ClN2/c1-3-10(2)14-8-9-15-12-6-4-11(13)5-7-12/h4-7,10,14-15H,3,8-9H2,1-2H3. The molecule has 1 rings (SSSR count). The maximum absolute atomic E-state index is 5.79. The van der Waals surface area contributed by atoms with E-state index in [0.29, 0.717) is 6.04 Å². The fourth-order valence-electron chi connectivity index (χ4n) is 1.24. The van der Waals surface area contributed by atoms with Crippen molar-refractivity contribution in [2.75, 3.05) is 18.4 Å². The van der Waals surface area contributed by atoms with Crippen LogP contribution in [0.25, 0.3) is 0 Å². The molecule has 0 aromatic heterocycles. The van der Waals surface area contributed by atoms with Crippen LogP contribution in [0.2, 0.25) is 5.02 Å². The monoisotopic (exact) mass is 226 g/mol. The predicted molar refractivity (Wildman–Crippen MR) is 67.7 cm³/mol. The first kappa shape index (κ1) is 12.3. The summed E-state index contributed by atoms with van der Waals surface area (Å²) in [5.74, 6) is 0. The molecule has 1 aromatic rings. The highest BCUT2D eigenvalue weighted by Crippen LogP contribution is 2.12. The predicted octanol–water partition coefficient (Wildman–Crippen LogP) is 3.14. The molecule has 0 spiro atoms. The van der Waals surface area contributed by atoms with E-state index < -0.39 is 0 Å². The Kier molecular flexibility index (Phi) is 5.51. The van der Waals surface area contributed by atoms with Gasteiger partial charge in [-0.3, -0.25) is 0 Å². The van der Waals surface area contributed by atoms with E-state index in [1.54, 1.807) is 0 Å². The van der Waals surface area contributed by atoms with Crippen LogP contribution in [0.1, 0.15) is 20.3 Å². The van der Waals surface area contributed by atoms with Crippen molar-refractivity contribution in [3.8, 4) is 0 Å². The maximum Gasteiger partial charge on any atom is 0.0407 e. The third kappa shape index (κ3) is 5.05. The molecule has 0 heterocycles. The molecule has 0 fully saturated rings. The molecule has 1 aromatic carbocycles. The van der Waals surface area contributed by atoms with Gasteiger partial charge in [0.2, 0.25) is 0 Å². The fraction of sp³-hybridized carbons (Fsp3) is 0.500. The van der Waals surface area contributed by atoms with Crippen molar-refractivity contribution < 1.29 is 0 Å². The molecule has 0 aliphatic heterocycles. The largest absolute Gasteiger partial charge is 0.384 e. The summed E-state index contributed by atoms with van der Waals surface area (Å²) in [5.41, 5.74) is 1.12. The molecule has 0 bridgehead atoms. The van der Waals surface area contributed by atoms with Gasteiger partial charge >= 0.3 is 0 Å². The summed E-state index contributed by atoms with van der Waals surface area (Å²) in [5, 5.41) is 7.53. The van der Waals surface area contributed by atoms with Crippen LogP contribution < -0.4 is 10.6 Å². The van der Waals surface area contributed by atoms with E-state index in [-0.39, 0.29) is 0 Å². The van der Waals surface area contributed by atoms with Gasteiger partial charge in [-0.1, -0.05) is 18.5 Å². The first-order valence-corrected chi connectivity index (χ1v) is 5.83. The van der Waals surface area contributed by atoms with Crippen LogP contribution in [0.15, 0.2) is 24.3 Å². The van der Waals surface area contributed by atoms with Gasteiger partial charge in [0, 0.05) is 29.8 Å². The summed E-state index contributed by atoms with van der Waals surface area (Å²) < 4.78 is 0. The van der Waals surface area contributed by atoms with Gasteiger partial charge in [-0.05, 0) is 37.6 Å². The highest BCUT2D eigenvalue weighted by Gasteiger charge is 1.96. The molecule has 0 aliphatic rings. The Balaban J connectivity index is 2.17. The quantitative estimate of drug-likeness (QED) is 0.729. The molecule has 84 valence electrons. The van der Waals surface area contributed by atoms with Crippen molar-refractivity contribution in [3.05, 3.63) is 29.3 Å². The summed E-state index contributed by atoms with van der Waals surface area (Å²) in [6.07, 6.45) is 1.17. The second kappa shape index (κ2) is 6.70. The number of benzene rings is 1. The Bertz CT molecular complexity index is 271. The number of anilines is 1. The zero-order valence-electron chi connectivity index (χ0n) is 9.39. The molecule has 0 amide bonds. The van der Waals surface area contributed by atoms with Crippen LogP contribution in [-0.4, -0.2) is 19.1 Å². The molecule has 0 radical (unpaired) electrons. The van der Waals surface area contributed by atoms with Gasteiger partial charge in [0.25, 0.3) is 0 Å². The average Bonchev–Trinajstić information content (AvgIpc) is 2.26. The van der Waals surface area contributed by atoms with E-state index in [2.05, 4.69) is 24.5 Å². The molecular weight excluding hydrogens is 208 g/mol. The lowest BCUT2D eigenvalue weighted by Gasteiger charge is -2.12. The maximum atomic E-state index is 5.79. The lowest BCUT2D eigenvalue weighted by molar-refractivity contribution is 0.546. The average molecular weight is 227 g/mol. The molecule has 1 unspecified atom stereocenters. The Morgan fingerprint density at radius 1 is 1.20 bits per heavy atom. The van der Waals surface area contributed by atoms with Gasteiger partial charge in [-0.2, -0.15) is 0 Å². The van der Waals surface area contributed by atoms with E-state index in [4.69, 9.17) is 11.6 Å². The lowest BCUT2D eigenvalue weighted by Crippen LogP contribution is -2.30. The summed E-state index contributed by atoms with van der Waals surface area (Å²) >= 11 is 5.79. The highest BCUT2D eigenvalue weighted by atomic mass is 35.5. The minimum Gasteiger partial charge on any atom is -0.384 e. The van der Waals surface area contributed by atoms with Crippen LogP contribution in [0, 0.1) is 0 Å². The van der Waals surface area contributed by atoms with Crippen molar-refractivity contribution in [1.82, 2.24) is 5.32 Å². The van der Waals surface area contributed by atoms with Crippen LogP contribution in [0.3, 0.4) is 0 Å². The van der Waals surface area contributed by atoms with Crippen molar-refractivity contribution >= 4 is 17.3 Å². The van der Waals surface area contributed by atoms with Gasteiger partial charge < -0.3 is 10.6 Å². The minimum atomic E-state index is 0.594. The molecule has 2 nitrogen and oxygen atoms in total. The first-order valence-electron chi connectivity index (χ1n) is 5.45. The lowest BCUT2D eigenvalue weighted by atomic mass is 10.2. The first-order chi connectivity index (χ1) is 7.22. The van der Waals surface area contributed by atoms with E-state index in [1.165, 1.54) is 6.42 Å². The van der Waals surface area contributed by atoms with Crippen molar-refractivity contribution in [3.63, 3.8) is 0 Å². The number of rotatable bonds is 6. The molecule has 1 atom stereocenters. The van der Waals surface area contributed by atoms with E-state index in [0.717, 1.165) is 23.8 Å². The summed E-state index contributed by atoms with van der Waals surface area (Å²) in [4.78, 5) is 0. The zero-order valence-corrected chi connectivity index (χ0v) is 10.1. The third-order valence-electron chi connectivity index (χ3n) is 2.40. The summed E-state index contributed by atoms with van der Waals surface area (Å²) in [6.45, 7) is 6.30. The van der Waals surface area contributed by atoms with Crippen molar-refractivity contribution in [1.29, 1.82) is 0 Å². The summed E-state index contributed by atoms with van der Waals surface area (Å²) in [6, 6.07) is 8.37. The van der Waals surface area contributed by atoms with Crippen LogP contribution >= 0.6 is 11.6 Å². The van der Waals surface area contributed by atoms with E-state index in [1.807, 2.05) is 24.3 Å². The van der Waals surface area contributed by atoms with Crippen LogP contribution in [0.5, 0.6) is 0 Å². The molecule has 0 aliphatic carbocycles. The van der Waals surface area contributed by atoms with E-state index in [9.17, 15) is 0 Å². The summed E-state index contributed by atoms with van der Waals surface area (Å²) in [7, 11) is 0. The minimum absolute atomic E-state index is 0.594. The Hall–Kier alpha value is -0.730. The normalized spacial score (nSPS) is 12.5. The van der Waals surface area contributed by atoms with Crippen LogP contribution in [0.4, 0.5) is 5.69 Å². The second-order valence-corrected chi connectivity index (χ2v) is 4.13. The molecular formula is C12H19ClN2. The van der Waals surface area contributed by atoms with Gasteiger partial charge in [-0.25, -0.2) is 0 Å². The van der Waals surface area contributed by atoms with Crippen LogP contribution in [-0.2, 0) is 0 Å². The molecule has 2 N–H and O–H groups in total. The Morgan fingerprint density at radius 2 is 1.87 bits per heavy atom. The molecule has 0 saturated carbocycles. The van der Waals surface area contributed by atoms with Crippen molar-refractivity contribution in [2.24, 2.45) is 0 Å². The molecule has 0 saturated heterocycles. The Labute approximate surface area is 97.0 Å². The highest BCUT2D eigenvalue weighted by molar-refractivity contribution is 6.30. The smallest absolute Gasteiger partial charge is 0.0407 e. The number of nitrogens with one attached hydrogen (secondary N) is 2. The zero-order chi connectivity index (χ0) is 11.1. The third-order valence-corrected chi connectivity index (χ3v) is 2.66. The number of hydrogen-bond acceptors (Lipinski definition) is 2. The molecule has 3 heteroatoms. The number of halogens is 1. The number of hydrogen-bond donors (Lipinski definition) is 2. The topological polar surface area (TPSA) is 24.1 Å². The SMILES string of the molecule is CCC(C)NCCNc1ccc(Cl)cc1. The van der Waals surface area contributed by atoms with E-state index >= 15 is 0 Å². The second-order valence-electron chi connectivity index (χ2n) is 3.70.